The molecule has 0 unspecified atom stereocenters. The second-order valence-electron chi connectivity index (χ2n) is 7.10. The zero-order valence-corrected chi connectivity index (χ0v) is 16.5. The number of guanidine groups is 2. The van der Waals surface area contributed by atoms with Gasteiger partial charge in [-0.05, 0) is 59.2 Å². The molecule has 0 amide bonds. The zero-order valence-electron chi connectivity index (χ0n) is 14.9. The lowest BCUT2D eigenvalue weighted by molar-refractivity contribution is -0.384. The minimum Gasteiger partial charge on any atom is -0.369 e. The zero-order chi connectivity index (χ0) is 19.1. The van der Waals surface area contributed by atoms with E-state index in [1.54, 1.807) is 11.0 Å². The standard InChI is InChI=1S/C17H23BrN6O2/c1-10(2)11-8-12(18)14(13(9-11)24(25)26)23-16(20)21-15(19)22-17(23)6-4-3-5-7-17/h8-10H,3-7H2,1-2H3,(H4,19,20,21,22). The summed E-state index contributed by atoms with van der Waals surface area (Å²) >= 11 is 3.53. The van der Waals surface area contributed by atoms with Crippen LogP contribution < -0.4 is 16.4 Å². The molecule has 2 aliphatic rings. The third kappa shape index (κ3) is 3.15. The highest BCUT2D eigenvalue weighted by molar-refractivity contribution is 9.10. The molecule has 1 aromatic carbocycles. The monoisotopic (exact) mass is 422 g/mol. The van der Waals surface area contributed by atoms with Gasteiger partial charge in [-0.15, -0.1) is 0 Å². The topological polar surface area (TPSA) is 123 Å². The predicted octanol–water partition coefficient (Wildman–Crippen LogP) is 3.59. The summed E-state index contributed by atoms with van der Waals surface area (Å²) in [6.07, 6.45) is 4.45. The van der Waals surface area contributed by atoms with E-state index in [1.165, 1.54) is 0 Å². The van der Waals surface area contributed by atoms with Gasteiger partial charge < -0.3 is 11.5 Å². The molecule has 0 bridgehead atoms. The van der Waals surface area contributed by atoms with Gasteiger partial charge >= 0.3 is 0 Å². The highest BCUT2D eigenvalue weighted by atomic mass is 79.9. The Labute approximate surface area is 160 Å². The van der Waals surface area contributed by atoms with Crippen molar-refractivity contribution in [1.82, 2.24) is 0 Å². The Morgan fingerprint density at radius 3 is 2.50 bits per heavy atom. The lowest BCUT2D eigenvalue weighted by Crippen LogP contribution is -2.58. The molecule has 9 heteroatoms. The fraction of sp³-hybridized carbons (Fsp3) is 0.529. The average Bonchev–Trinajstić information content (AvgIpc) is 2.55. The van der Waals surface area contributed by atoms with E-state index in [1.807, 2.05) is 19.9 Å². The van der Waals surface area contributed by atoms with Crippen LogP contribution in [0.3, 0.4) is 0 Å². The Balaban J connectivity index is 2.23. The molecule has 0 aromatic heterocycles. The number of benzene rings is 1. The maximum absolute atomic E-state index is 11.9. The van der Waals surface area contributed by atoms with Crippen molar-refractivity contribution in [1.29, 1.82) is 0 Å². The van der Waals surface area contributed by atoms with Gasteiger partial charge in [-0.3, -0.25) is 15.0 Å². The minimum atomic E-state index is -0.721. The summed E-state index contributed by atoms with van der Waals surface area (Å²) in [5.74, 6) is 0.419. The third-order valence-electron chi connectivity index (χ3n) is 5.00. The van der Waals surface area contributed by atoms with Crippen LogP contribution in [0.1, 0.15) is 57.4 Å². The summed E-state index contributed by atoms with van der Waals surface area (Å²) in [4.78, 5) is 21.9. The SMILES string of the molecule is CC(C)c1cc(Br)c(N2C(N)=NC(N)=NC23CCCCC3)c([N+](=O)[O-])c1. The van der Waals surface area contributed by atoms with Crippen LogP contribution in [0.25, 0.3) is 0 Å². The number of nitro benzene ring substituents is 1. The van der Waals surface area contributed by atoms with Gasteiger partial charge in [-0.2, -0.15) is 4.99 Å². The summed E-state index contributed by atoms with van der Waals surface area (Å²) in [5, 5.41) is 11.9. The number of hydrogen-bond donors (Lipinski definition) is 2. The second kappa shape index (κ2) is 6.86. The number of halogens is 1. The minimum absolute atomic E-state index is 0.0122. The van der Waals surface area contributed by atoms with Crippen molar-refractivity contribution in [3.63, 3.8) is 0 Å². The fourth-order valence-corrected chi connectivity index (χ4v) is 4.39. The Hall–Kier alpha value is -2.16. The number of hydrogen-bond acceptors (Lipinski definition) is 7. The maximum atomic E-state index is 11.9. The Bertz CT molecular complexity index is 799. The molecular weight excluding hydrogens is 400 g/mol. The van der Waals surface area contributed by atoms with Crippen LogP contribution in [0.15, 0.2) is 26.6 Å². The summed E-state index contributed by atoms with van der Waals surface area (Å²) < 4.78 is 0.606. The number of anilines is 1. The quantitative estimate of drug-likeness (QED) is 0.568. The van der Waals surface area contributed by atoms with Gasteiger partial charge in [0, 0.05) is 10.5 Å². The highest BCUT2D eigenvalue weighted by Crippen LogP contribution is 2.46. The smallest absolute Gasteiger partial charge is 0.294 e. The van der Waals surface area contributed by atoms with Gasteiger partial charge in [0.05, 0.1) is 4.92 Å². The van der Waals surface area contributed by atoms with E-state index in [0.717, 1.165) is 37.7 Å². The van der Waals surface area contributed by atoms with Crippen molar-refractivity contribution in [2.45, 2.75) is 57.5 Å². The highest BCUT2D eigenvalue weighted by Gasteiger charge is 2.45. The van der Waals surface area contributed by atoms with Gasteiger partial charge in [0.2, 0.25) is 11.9 Å². The van der Waals surface area contributed by atoms with E-state index < -0.39 is 5.66 Å². The summed E-state index contributed by atoms with van der Waals surface area (Å²) in [6.45, 7) is 3.99. The summed E-state index contributed by atoms with van der Waals surface area (Å²) in [5.41, 5.74) is 12.6. The maximum Gasteiger partial charge on any atom is 0.294 e. The van der Waals surface area contributed by atoms with Crippen LogP contribution >= 0.6 is 15.9 Å². The molecule has 8 nitrogen and oxygen atoms in total. The third-order valence-corrected chi connectivity index (χ3v) is 5.61. The molecule has 1 aromatic rings. The molecule has 1 aliphatic carbocycles. The van der Waals surface area contributed by atoms with Crippen LogP contribution in [-0.4, -0.2) is 22.5 Å². The number of rotatable bonds is 3. The molecule has 3 rings (SSSR count). The van der Waals surface area contributed by atoms with Crippen LogP contribution in [0.5, 0.6) is 0 Å². The molecule has 1 heterocycles. The van der Waals surface area contributed by atoms with Crippen LogP contribution in [0, 0.1) is 10.1 Å². The summed E-state index contributed by atoms with van der Waals surface area (Å²) in [7, 11) is 0. The first kappa shape index (κ1) is 18.6. The molecule has 1 aliphatic heterocycles. The first-order chi connectivity index (χ1) is 12.2. The van der Waals surface area contributed by atoms with E-state index in [4.69, 9.17) is 11.5 Å². The second-order valence-corrected chi connectivity index (χ2v) is 7.96. The van der Waals surface area contributed by atoms with Crippen molar-refractivity contribution in [3.05, 3.63) is 32.3 Å². The molecule has 1 spiro atoms. The Morgan fingerprint density at radius 2 is 1.92 bits per heavy atom. The lowest BCUT2D eigenvalue weighted by Gasteiger charge is -2.45. The molecule has 0 atom stereocenters. The number of aliphatic imine (C=N–C) groups is 2. The molecular formula is C17H23BrN6O2. The van der Waals surface area contributed by atoms with E-state index in [-0.39, 0.29) is 28.4 Å². The Kier molecular flexibility index (Phi) is 4.92. The predicted molar refractivity (Wildman–Crippen MR) is 106 cm³/mol. The van der Waals surface area contributed by atoms with Gasteiger partial charge in [0.1, 0.15) is 11.4 Å². The lowest BCUT2D eigenvalue weighted by atomic mass is 9.87. The van der Waals surface area contributed by atoms with Crippen molar-refractivity contribution in [2.24, 2.45) is 21.5 Å². The number of nitro groups is 1. The van der Waals surface area contributed by atoms with Gasteiger partial charge in [-0.25, -0.2) is 4.99 Å². The van der Waals surface area contributed by atoms with Crippen molar-refractivity contribution < 1.29 is 4.92 Å². The summed E-state index contributed by atoms with van der Waals surface area (Å²) in [6, 6.07) is 3.51. The van der Waals surface area contributed by atoms with Crippen LogP contribution in [0.2, 0.25) is 0 Å². The molecule has 140 valence electrons. The Morgan fingerprint density at radius 1 is 1.27 bits per heavy atom. The van der Waals surface area contributed by atoms with E-state index in [9.17, 15) is 10.1 Å². The van der Waals surface area contributed by atoms with Crippen molar-refractivity contribution in [2.75, 3.05) is 4.90 Å². The fourth-order valence-electron chi connectivity index (χ4n) is 3.74. The molecule has 1 fully saturated rings. The van der Waals surface area contributed by atoms with E-state index in [0.29, 0.717) is 10.2 Å². The average molecular weight is 423 g/mol. The molecule has 0 saturated heterocycles. The first-order valence-corrected chi connectivity index (χ1v) is 9.52. The molecule has 1 saturated carbocycles. The van der Waals surface area contributed by atoms with Gasteiger partial charge in [0.15, 0.2) is 0 Å². The largest absolute Gasteiger partial charge is 0.369 e. The number of nitrogens with two attached hydrogens (primary N) is 2. The van der Waals surface area contributed by atoms with Crippen LogP contribution in [0.4, 0.5) is 11.4 Å². The van der Waals surface area contributed by atoms with E-state index in [2.05, 4.69) is 25.9 Å². The van der Waals surface area contributed by atoms with Crippen molar-refractivity contribution in [3.8, 4) is 0 Å². The number of nitrogens with zero attached hydrogens (tertiary/aromatic N) is 4. The first-order valence-electron chi connectivity index (χ1n) is 8.73. The van der Waals surface area contributed by atoms with Gasteiger partial charge in [0.25, 0.3) is 5.69 Å². The molecule has 0 radical (unpaired) electrons. The normalized spacial score (nSPS) is 19.5. The van der Waals surface area contributed by atoms with Crippen LogP contribution in [-0.2, 0) is 0 Å². The van der Waals surface area contributed by atoms with Gasteiger partial charge in [-0.1, -0.05) is 20.3 Å². The van der Waals surface area contributed by atoms with Crippen molar-refractivity contribution >= 4 is 39.2 Å². The van der Waals surface area contributed by atoms with E-state index >= 15 is 0 Å². The molecule has 4 N–H and O–H groups in total. The molecule has 26 heavy (non-hydrogen) atoms.